The molecule has 2 atom stereocenters. The van der Waals surface area contributed by atoms with E-state index >= 15 is 0 Å². The van der Waals surface area contributed by atoms with Crippen molar-refractivity contribution in [3.8, 4) is 0 Å². The van der Waals surface area contributed by atoms with Crippen LogP contribution in [0, 0.1) is 17.3 Å². The van der Waals surface area contributed by atoms with Crippen molar-refractivity contribution in [2.24, 2.45) is 17.3 Å². The van der Waals surface area contributed by atoms with E-state index in [9.17, 15) is 9.90 Å². The van der Waals surface area contributed by atoms with E-state index in [1.165, 1.54) is 0 Å². The minimum Gasteiger partial charge on any atom is -0.481 e. The van der Waals surface area contributed by atoms with Gasteiger partial charge in [0.05, 0.1) is 18.1 Å². The molecule has 0 spiro atoms. The van der Waals surface area contributed by atoms with Gasteiger partial charge in [0.1, 0.15) is 0 Å². The minimum absolute atomic E-state index is 0.183. The van der Waals surface area contributed by atoms with Gasteiger partial charge in [-0.3, -0.25) is 4.79 Å². The fraction of sp³-hybridized carbons (Fsp3) is 0.955. The zero-order valence-electron chi connectivity index (χ0n) is 18.4. The molecule has 0 aromatic carbocycles. The van der Waals surface area contributed by atoms with Gasteiger partial charge in [0.2, 0.25) is 0 Å². The molecule has 0 aromatic rings. The number of hydrogen-bond donors (Lipinski definition) is 1. The molecule has 0 saturated carbocycles. The van der Waals surface area contributed by atoms with Gasteiger partial charge in [-0.05, 0) is 50.9 Å². The normalized spacial score (nSPS) is 15.0. The number of unbranched alkanes of at least 4 members (excludes halogenated alkanes) is 2. The molecule has 0 aliphatic rings. The smallest absolute Gasteiger partial charge is 0.306 e. The van der Waals surface area contributed by atoms with Crippen LogP contribution in [0.4, 0.5) is 0 Å². The summed E-state index contributed by atoms with van der Waals surface area (Å²) in [7, 11) is 0. The Balaban J connectivity index is 4.04. The first kappa shape index (κ1) is 25.4. The van der Waals surface area contributed by atoms with E-state index in [1.807, 2.05) is 0 Å². The fourth-order valence-corrected chi connectivity index (χ4v) is 3.79. The van der Waals surface area contributed by atoms with Gasteiger partial charge in [-0.1, -0.05) is 66.7 Å². The van der Waals surface area contributed by atoms with Gasteiger partial charge in [-0.15, -0.1) is 0 Å². The van der Waals surface area contributed by atoms with E-state index in [4.69, 9.17) is 9.78 Å². The van der Waals surface area contributed by atoms with Crippen molar-refractivity contribution in [1.29, 1.82) is 0 Å². The number of carboxylic acid groups (broad SMARTS) is 1. The molecule has 0 fully saturated rings. The summed E-state index contributed by atoms with van der Waals surface area (Å²) in [6.07, 6.45) is 8.74. The monoisotopic (exact) mass is 372 g/mol. The molecule has 0 radical (unpaired) electrons. The maximum Gasteiger partial charge on any atom is 0.306 e. The zero-order chi connectivity index (χ0) is 20.2. The minimum atomic E-state index is -0.630. The number of rotatable bonds is 15. The highest BCUT2D eigenvalue weighted by atomic mass is 17.2. The molecule has 0 amide bonds. The van der Waals surface area contributed by atoms with Crippen LogP contribution in [-0.2, 0) is 14.6 Å². The Bertz CT molecular complexity index is 371. The van der Waals surface area contributed by atoms with Gasteiger partial charge in [-0.25, -0.2) is 9.78 Å². The maximum atomic E-state index is 11.4. The third-order valence-electron chi connectivity index (χ3n) is 4.78. The van der Waals surface area contributed by atoms with Gasteiger partial charge >= 0.3 is 5.97 Å². The van der Waals surface area contributed by atoms with E-state index in [1.54, 1.807) is 0 Å². The van der Waals surface area contributed by atoms with Crippen LogP contribution < -0.4 is 0 Å². The number of aliphatic carboxylic acids is 1. The Morgan fingerprint density at radius 1 is 1.00 bits per heavy atom. The molecule has 0 aliphatic heterocycles. The first-order valence-corrected chi connectivity index (χ1v) is 10.5. The Morgan fingerprint density at radius 3 is 2.15 bits per heavy atom. The molecule has 0 aromatic heterocycles. The van der Waals surface area contributed by atoms with Gasteiger partial charge in [0.15, 0.2) is 0 Å². The van der Waals surface area contributed by atoms with Crippen LogP contribution in [0.3, 0.4) is 0 Å². The summed E-state index contributed by atoms with van der Waals surface area (Å²) in [5.41, 5.74) is -0.0716. The van der Waals surface area contributed by atoms with Crippen molar-refractivity contribution in [2.45, 2.75) is 112 Å². The lowest BCUT2D eigenvalue weighted by molar-refractivity contribution is -0.358. The largest absolute Gasteiger partial charge is 0.481 e. The predicted octanol–water partition coefficient (Wildman–Crippen LogP) is 6.63. The highest BCUT2D eigenvalue weighted by Crippen LogP contribution is 2.29. The van der Waals surface area contributed by atoms with E-state index < -0.39 is 5.97 Å². The van der Waals surface area contributed by atoms with E-state index in [2.05, 4.69) is 48.5 Å². The van der Waals surface area contributed by atoms with Gasteiger partial charge in [-0.2, -0.15) is 0 Å². The van der Waals surface area contributed by atoms with E-state index in [0.29, 0.717) is 12.5 Å². The van der Waals surface area contributed by atoms with Crippen LogP contribution in [0.2, 0.25) is 0 Å². The molecule has 0 heterocycles. The standard InChI is InChI=1S/C22H44O4/c1-8-10-14-19(20(23)24)16-18(9-2)13-11-12-15-25-26-22(6,7)17-21(3,4)5/h18-19H,8-17H2,1-7H3,(H,23,24). The molecule has 0 rings (SSSR count). The third kappa shape index (κ3) is 13.6. The lowest BCUT2D eigenvalue weighted by atomic mass is 9.84. The summed E-state index contributed by atoms with van der Waals surface area (Å²) in [6.45, 7) is 15.6. The SMILES string of the molecule is CCCCC(CC(CC)CCCCOOC(C)(C)CC(C)(C)C)C(=O)O. The second-order valence-electron chi connectivity index (χ2n) is 9.59. The molecule has 4 nitrogen and oxygen atoms in total. The van der Waals surface area contributed by atoms with Crippen LogP contribution in [-0.4, -0.2) is 23.3 Å². The summed E-state index contributed by atoms with van der Waals surface area (Å²) in [5.74, 6) is -0.321. The molecule has 0 saturated heterocycles. The van der Waals surface area contributed by atoms with Crippen molar-refractivity contribution in [3.63, 3.8) is 0 Å². The van der Waals surface area contributed by atoms with Crippen molar-refractivity contribution < 1.29 is 19.7 Å². The first-order chi connectivity index (χ1) is 12.0. The van der Waals surface area contributed by atoms with Crippen LogP contribution in [0.5, 0.6) is 0 Å². The number of hydrogen-bond acceptors (Lipinski definition) is 3. The fourth-order valence-electron chi connectivity index (χ4n) is 3.79. The molecular formula is C22H44O4. The quantitative estimate of drug-likeness (QED) is 0.199. The van der Waals surface area contributed by atoms with E-state index in [0.717, 1.165) is 57.8 Å². The maximum absolute atomic E-state index is 11.4. The van der Waals surface area contributed by atoms with Gasteiger partial charge in [0, 0.05) is 0 Å². The Hall–Kier alpha value is -0.610. The molecule has 0 bridgehead atoms. The van der Waals surface area contributed by atoms with Crippen LogP contribution in [0.25, 0.3) is 0 Å². The Morgan fingerprint density at radius 2 is 1.65 bits per heavy atom. The lowest BCUT2D eigenvalue weighted by Crippen LogP contribution is -2.30. The number of carboxylic acids is 1. The molecule has 0 aliphatic carbocycles. The van der Waals surface area contributed by atoms with Crippen LogP contribution >= 0.6 is 0 Å². The zero-order valence-corrected chi connectivity index (χ0v) is 18.4. The third-order valence-corrected chi connectivity index (χ3v) is 4.78. The summed E-state index contributed by atoms with van der Waals surface area (Å²) in [6, 6.07) is 0. The summed E-state index contributed by atoms with van der Waals surface area (Å²) < 4.78 is 0. The number of carbonyl (C=O) groups is 1. The van der Waals surface area contributed by atoms with E-state index in [-0.39, 0.29) is 16.9 Å². The molecule has 2 unspecified atom stereocenters. The topological polar surface area (TPSA) is 55.8 Å². The molecule has 26 heavy (non-hydrogen) atoms. The molecule has 1 N–H and O–H groups in total. The highest BCUT2D eigenvalue weighted by molar-refractivity contribution is 5.69. The lowest BCUT2D eigenvalue weighted by Gasteiger charge is -2.31. The van der Waals surface area contributed by atoms with Crippen molar-refractivity contribution in [3.05, 3.63) is 0 Å². The first-order valence-electron chi connectivity index (χ1n) is 10.5. The average Bonchev–Trinajstić information content (AvgIpc) is 2.49. The van der Waals surface area contributed by atoms with Crippen molar-refractivity contribution in [2.75, 3.05) is 6.61 Å². The Kier molecular flexibility index (Phi) is 12.4. The Labute approximate surface area is 162 Å². The van der Waals surface area contributed by atoms with Crippen LogP contribution in [0.1, 0.15) is 106 Å². The molecule has 4 heteroatoms. The molecular weight excluding hydrogens is 328 g/mol. The summed E-state index contributed by atoms with van der Waals surface area (Å²) >= 11 is 0. The summed E-state index contributed by atoms with van der Waals surface area (Å²) in [4.78, 5) is 22.5. The average molecular weight is 373 g/mol. The summed E-state index contributed by atoms with van der Waals surface area (Å²) in [5, 5.41) is 9.41. The van der Waals surface area contributed by atoms with Gasteiger partial charge in [0.25, 0.3) is 0 Å². The second kappa shape index (κ2) is 12.7. The predicted molar refractivity (Wildman–Crippen MR) is 108 cm³/mol. The molecule has 156 valence electrons. The highest BCUT2D eigenvalue weighted by Gasteiger charge is 2.27. The second-order valence-corrected chi connectivity index (χ2v) is 9.59. The van der Waals surface area contributed by atoms with Crippen LogP contribution in [0.15, 0.2) is 0 Å². The van der Waals surface area contributed by atoms with Gasteiger partial charge < -0.3 is 5.11 Å². The van der Waals surface area contributed by atoms with Crippen molar-refractivity contribution in [1.82, 2.24) is 0 Å². The van der Waals surface area contributed by atoms with Crippen molar-refractivity contribution >= 4 is 5.97 Å².